The molecule has 2 aromatic carbocycles. The number of carbonyl (C=O) groups excluding carboxylic acids is 3. The quantitative estimate of drug-likeness (QED) is 0.455. The van der Waals surface area contributed by atoms with Crippen LogP contribution in [0.5, 0.6) is 0 Å². The minimum atomic E-state index is -4.08. The van der Waals surface area contributed by atoms with Gasteiger partial charge >= 0.3 is 12.0 Å². The van der Waals surface area contributed by atoms with E-state index in [1.54, 1.807) is 30.3 Å². The maximum Gasteiger partial charge on any atom is 0.340 e. The van der Waals surface area contributed by atoms with Gasteiger partial charge in [0.15, 0.2) is 6.61 Å². The fourth-order valence-corrected chi connectivity index (χ4v) is 4.09. The summed E-state index contributed by atoms with van der Waals surface area (Å²) in [5.74, 6) is -1.89. The van der Waals surface area contributed by atoms with E-state index < -0.39 is 34.5 Å². The van der Waals surface area contributed by atoms with Gasteiger partial charge in [0.25, 0.3) is 15.9 Å². The van der Waals surface area contributed by atoms with E-state index in [1.807, 2.05) is 5.32 Å². The fraction of sp³-hybridized carbons (Fsp3) is 0.150. The maximum absolute atomic E-state index is 13.2. The molecule has 0 saturated heterocycles. The normalized spacial score (nSPS) is 10.6. The minimum absolute atomic E-state index is 0.00554. The molecule has 0 fully saturated rings. The van der Waals surface area contributed by atoms with Crippen LogP contribution in [0.4, 0.5) is 10.5 Å². The standard InChI is InChI=1S/C20H20ClN3O6S/c1-3-11-24(14-7-5-4-6-8-14)31(28,29)15-9-10-17(21)16(12-15)19(26)30-13-18(25)23-20(27)22-2/h3-10,12H,1,11,13H2,2H3,(H2,22,23,25,27). The second-order valence-electron chi connectivity index (χ2n) is 6.01. The smallest absolute Gasteiger partial charge is 0.340 e. The summed E-state index contributed by atoms with van der Waals surface area (Å²) in [7, 11) is -2.77. The highest BCUT2D eigenvalue weighted by Gasteiger charge is 2.26. The Balaban J connectivity index is 2.30. The number of para-hydroxylation sites is 1. The van der Waals surface area contributed by atoms with E-state index in [-0.39, 0.29) is 22.0 Å². The molecule has 0 bridgehead atoms. The number of hydrogen-bond donors (Lipinski definition) is 2. The molecule has 0 aromatic heterocycles. The lowest BCUT2D eigenvalue weighted by molar-refractivity contribution is -0.123. The molecule has 164 valence electrons. The van der Waals surface area contributed by atoms with Crippen LogP contribution in [-0.2, 0) is 19.6 Å². The molecule has 11 heteroatoms. The summed E-state index contributed by atoms with van der Waals surface area (Å²) in [6.07, 6.45) is 1.43. The van der Waals surface area contributed by atoms with Crippen LogP contribution >= 0.6 is 11.6 Å². The summed E-state index contributed by atoms with van der Waals surface area (Å²) >= 11 is 6.03. The van der Waals surface area contributed by atoms with Crippen LogP contribution < -0.4 is 14.9 Å². The third kappa shape index (κ3) is 6.06. The summed E-state index contributed by atoms with van der Waals surface area (Å²) in [6.45, 7) is 2.83. The van der Waals surface area contributed by atoms with Gasteiger partial charge in [-0.25, -0.2) is 18.0 Å². The first kappa shape index (κ1) is 23.9. The van der Waals surface area contributed by atoms with Crippen LogP contribution in [0.2, 0.25) is 5.02 Å². The zero-order valence-corrected chi connectivity index (χ0v) is 18.1. The van der Waals surface area contributed by atoms with E-state index >= 15 is 0 Å². The molecule has 0 heterocycles. The van der Waals surface area contributed by atoms with Gasteiger partial charge in [-0.2, -0.15) is 0 Å². The Morgan fingerprint density at radius 1 is 1.16 bits per heavy atom. The van der Waals surface area contributed by atoms with Crippen molar-refractivity contribution in [3.63, 3.8) is 0 Å². The molecule has 0 atom stereocenters. The fourth-order valence-electron chi connectivity index (χ4n) is 2.44. The molecule has 0 aliphatic heterocycles. The van der Waals surface area contributed by atoms with Gasteiger partial charge in [-0.05, 0) is 30.3 Å². The number of sulfonamides is 1. The zero-order chi connectivity index (χ0) is 23.0. The molecule has 0 aliphatic carbocycles. The molecule has 3 amide bonds. The number of nitrogens with one attached hydrogen (secondary N) is 2. The van der Waals surface area contributed by atoms with Crippen LogP contribution in [0.1, 0.15) is 10.4 Å². The number of carbonyl (C=O) groups is 3. The van der Waals surface area contributed by atoms with Crippen molar-refractivity contribution in [2.75, 3.05) is 24.5 Å². The highest BCUT2D eigenvalue weighted by molar-refractivity contribution is 7.92. The van der Waals surface area contributed by atoms with E-state index in [0.717, 1.165) is 10.4 Å². The van der Waals surface area contributed by atoms with Crippen molar-refractivity contribution in [1.82, 2.24) is 10.6 Å². The number of halogens is 1. The number of esters is 1. The average molecular weight is 466 g/mol. The Morgan fingerprint density at radius 3 is 2.45 bits per heavy atom. The van der Waals surface area contributed by atoms with E-state index in [9.17, 15) is 22.8 Å². The summed E-state index contributed by atoms with van der Waals surface area (Å²) in [5, 5.41) is 4.03. The van der Waals surface area contributed by atoms with Crippen molar-refractivity contribution < 1.29 is 27.5 Å². The van der Waals surface area contributed by atoms with E-state index in [1.165, 1.54) is 25.3 Å². The summed E-state index contributed by atoms with van der Waals surface area (Å²) in [5.41, 5.74) is 0.162. The molecule has 0 unspecified atom stereocenters. The van der Waals surface area contributed by atoms with Gasteiger partial charge < -0.3 is 10.1 Å². The molecule has 9 nitrogen and oxygen atoms in total. The van der Waals surface area contributed by atoms with Gasteiger partial charge in [-0.1, -0.05) is 35.9 Å². The SMILES string of the molecule is C=CCN(c1ccccc1)S(=O)(=O)c1ccc(Cl)c(C(=O)OCC(=O)NC(=O)NC)c1. The van der Waals surface area contributed by atoms with E-state index in [0.29, 0.717) is 5.69 Å². The number of urea groups is 1. The first-order chi connectivity index (χ1) is 14.7. The minimum Gasteiger partial charge on any atom is -0.452 e. The van der Waals surface area contributed by atoms with Crippen molar-refractivity contribution in [3.8, 4) is 0 Å². The van der Waals surface area contributed by atoms with Crippen molar-refractivity contribution in [1.29, 1.82) is 0 Å². The first-order valence-corrected chi connectivity index (χ1v) is 10.7. The van der Waals surface area contributed by atoms with Gasteiger partial charge in [0.2, 0.25) is 0 Å². The lowest BCUT2D eigenvalue weighted by atomic mass is 10.2. The number of hydrogen-bond acceptors (Lipinski definition) is 6. The summed E-state index contributed by atoms with van der Waals surface area (Å²) in [4.78, 5) is 34.8. The maximum atomic E-state index is 13.2. The molecular formula is C20H20ClN3O6S. The van der Waals surface area contributed by atoms with Gasteiger partial charge in [-0.15, -0.1) is 6.58 Å². The second kappa shape index (κ2) is 10.6. The number of nitrogens with zero attached hydrogens (tertiary/aromatic N) is 1. The number of ether oxygens (including phenoxy) is 1. The Hall–Kier alpha value is -3.37. The molecule has 2 aromatic rings. The summed E-state index contributed by atoms with van der Waals surface area (Å²) in [6, 6.07) is 11.2. The van der Waals surface area contributed by atoms with Crippen molar-refractivity contribution in [2.24, 2.45) is 0 Å². The van der Waals surface area contributed by atoms with Gasteiger partial charge in [0, 0.05) is 7.05 Å². The van der Waals surface area contributed by atoms with E-state index in [2.05, 4.69) is 11.9 Å². The second-order valence-corrected chi connectivity index (χ2v) is 8.27. The largest absolute Gasteiger partial charge is 0.452 e. The Morgan fingerprint density at radius 2 is 1.84 bits per heavy atom. The molecule has 0 radical (unpaired) electrons. The Bertz CT molecular complexity index is 1090. The molecule has 0 spiro atoms. The topological polar surface area (TPSA) is 122 Å². The lowest BCUT2D eigenvalue weighted by Gasteiger charge is -2.23. The predicted octanol–water partition coefficient (Wildman–Crippen LogP) is 2.33. The van der Waals surface area contributed by atoms with Crippen LogP contribution in [0.25, 0.3) is 0 Å². The lowest BCUT2D eigenvalue weighted by Crippen LogP contribution is -2.39. The molecular weight excluding hydrogens is 446 g/mol. The third-order valence-corrected chi connectivity index (χ3v) is 6.02. The van der Waals surface area contributed by atoms with Crippen LogP contribution in [-0.4, -0.2) is 46.5 Å². The van der Waals surface area contributed by atoms with Gasteiger partial charge in [-0.3, -0.25) is 14.4 Å². The number of anilines is 1. The van der Waals surface area contributed by atoms with Crippen molar-refractivity contribution in [2.45, 2.75) is 4.90 Å². The first-order valence-electron chi connectivity index (χ1n) is 8.87. The Kier molecular flexibility index (Phi) is 8.17. The van der Waals surface area contributed by atoms with Gasteiger partial charge in [0.05, 0.1) is 27.7 Å². The number of amides is 3. The highest BCUT2D eigenvalue weighted by Crippen LogP contribution is 2.27. The summed E-state index contributed by atoms with van der Waals surface area (Å²) < 4.78 is 32.4. The Labute approximate surface area is 184 Å². The van der Waals surface area contributed by atoms with Crippen molar-refractivity contribution >= 4 is 45.2 Å². The van der Waals surface area contributed by atoms with Crippen LogP contribution in [0, 0.1) is 0 Å². The zero-order valence-electron chi connectivity index (χ0n) is 16.5. The molecule has 0 saturated carbocycles. The van der Waals surface area contributed by atoms with Crippen LogP contribution in [0.15, 0.2) is 66.1 Å². The highest BCUT2D eigenvalue weighted by atomic mass is 35.5. The molecule has 0 aliphatic rings. The number of imide groups is 1. The number of benzene rings is 2. The van der Waals surface area contributed by atoms with Crippen LogP contribution in [0.3, 0.4) is 0 Å². The van der Waals surface area contributed by atoms with E-state index in [4.69, 9.17) is 16.3 Å². The number of rotatable bonds is 8. The monoisotopic (exact) mass is 465 g/mol. The third-order valence-electron chi connectivity index (χ3n) is 3.90. The molecule has 2 rings (SSSR count). The predicted molar refractivity (Wildman–Crippen MR) is 116 cm³/mol. The average Bonchev–Trinajstić information content (AvgIpc) is 2.76. The van der Waals surface area contributed by atoms with Gasteiger partial charge in [0.1, 0.15) is 0 Å². The molecule has 2 N–H and O–H groups in total. The molecule has 31 heavy (non-hydrogen) atoms. The van der Waals surface area contributed by atoms with Crippen molar-refractivity contribution in [3.05, 3.63) is 71.8 Å².